The van der Waals surface area contributed by atoms with E-state index in [9.17, 15) is 9.59 Å². The maximum absolute atomic E-state index is 11.0. The topological polar surface area (TPSA) is 115 Å². The summed E-state index contributed by atoms with van der Waals surface area (Å²) in [7, 11) is 0. The number of aliphatic hydroxyl groups excluding tert-OH is 2. The summed E-state index contributed by atoms with van der Waals surface area (Å²) in [5.41, 5.74) is 0.447. The van der Waals surface area contributed by atoms with E-state index in [4.69, 9.17) is 20.4 Å². The van der Waals surface area contributed by atoms with Gasteiger partial charge in [0.05, 0.1) is 11.1 Å². The first kappa shape index (κ1) is 14.1. The van der Waals surface area contributed by atoms with E-state index in [2.05, 4.69) is 0 Å². The lowest BCUT2D eigenvalue weighted by Gasteiger charge is -2.11. The van der Waals surface area contributed by atoms with Gasteiger partial charge >= 0.3 is 11.9 Å². The summed E-state index contributed by atoms with van der Waals surface area (Å²) in [4.78, 5) is 22.0. The van der Waals surface area contributed by atoms with Crippen molar-refractivity contribution in [1.82, 2.24) is 0 Å². The van der Waals surface area contributed by atoms with Crippen molar-refractivity contribution < 1.29 is 30.0 Å². The maximum atomic E-state index is 11.0. The van der Waals surface area contributed by atoms with Crippen LogP contribution in [0.15, 0.2) is 12.1 Å². The number of carboxylic acid groups (broad SMARTS) is 2. The Morgan fingerprint density at radius 2 is 1.17 bits per heavy atom. The summed E-state index contributed by atoms with van der Waals surface area (Å²) in [6, 6.07) is 2.49. The van der Waals surface area contributed by atoms with Gasteiger partial charge in [-0.3, -0.25) is 0 Å². The van der Waals surface area contributed by atoms with Crippen molar-refractivity contribution in [2.24, 2.45) is 0 Å². The maximum Gasteiger partial charge on any atom is 0.336 e. The summed E-state index contributed by atoms with van der Waals surface area (Å²) >= 11 is 0. The largest absolute Gasteiger partial charge is 0.478 e. The van der Waals surface area contributed by atoms with Crippen LogP contribution in [0.4, 0.5) is 0 Å². The third kappa shape index (κ3) is 3.06. The molecule has 0 amide bonds. The van der Waals surface area contributed by atoms with E-state index in [-0.39, 0.29) is 37.2 Å². The molecule has 1 rings (SSSR count). The first-order valence-electron chi connectivity index (χ1n) is 5.35. The Labute approximate surface area is 103 Å². The van der Waals surface area contributed by atoms with Crippen molar-refractivity contribution in [3.63, 3.8) is 0 Å². The second-order valence-corrected chi connectivity index (χ2v) is 3.72. The summed E-state index contributed by atoms with van der Waals surface area (Å²) in [6.07, 6.45) is 0.436. The molecule has 0 spiro atoms. The van der Waals surface area contributed by atoms with Gasteiger partial charge in [-0.1, -0.05) is 0 Å². The molecule has 18 heavy (non-hydrogen) atoms. The van der Waals surface area contributed by atoms with Crippen molar-refractivity contribution in [2.45, 2.75) is 12.8 Å². The zero-order chi connectivity index (χ0) is 13.7. The molecule has 0 saturated carbocycles. The normalized spacial score (nSPS) is 10.3. The SMILES string of the molecule is O=C(O)c1cc(CCO)c(CCO)cc1C(=O)O. The highest BCUT2D eigenvalue weighted by Gasteiger charge is 2.19. The van der Waals surface area contributed by atoms with Crippen molar-refractivity contribution in [3.8, 4) is 0 Å². The minimum absolute atomic E-state index is 0.177. The van der Waals surface area contributed by atoms with E-state index in [0.717, 1.165) is 0 Å². The quantitative estimate of drug-likeness (QED) is 0.574. The summed E-state index contributed by atoms with van der Waals surface area (Å²) in [5, 5.41) is 35.7. The summed E-state index contributed by atoms with van der Waals surface area (Å²) < 4.78 is 0. The van der Waals surface area contributed by atoms with Gasteiger partial charge in [-0.2, -0.15) is 0 Å². The van der Waals surface area contributed by atoms with Gasteiger partial charge in [0.25, 0.3) is 0 Å². The molecule has 0 bridgehead atoms. The van der Waals surface area contributed by atoms with Crippen LogP contribution in [0.3, 0.4) is 0 Å². The summed E-state index contributed by atoms with van der Waals surface area (Å²) in [6.45, 7) is -0.353. The van der Waals surface area contributed by atoms with Crippen LogP contribution in [-0.4, -0.2) is 45.6 Å². The average molecular weight is 254 g/mol. The number of benzene rings is 1. The molecular weight excluding hydrogens is 240 g/mol. The van der Waals surface area contributed by atoms with E-state index in [1.165, 1.54) is 12.1 Å². The van der Waals surface area contributed by atoms with Gasteiger partial charge in [0.1, 0.15) is 0 Å². The molecule has 0 atom stereocenters. The molecule has 6 nitrogen and oxygen atoms in total. The van der Waals surface area contributed by atoms with Crippen LogP contribution in [-0.2, 0) is 12.8 Å². The lowest BCUT2D eigenvalue weighted by atomic mass is 9.95. The number of carbonyl (C=O) groups is 2. The molecule has 0 aliphatic heterocycles. The smallest absolute Gasteiger partial charge is 0.336 e. The van der Waals surface area contributed by atoms with Crippen molar-refractivity contribution in [1.29, 1.82) is 0 Å². The standard InChI is InChI=1S/C12H14O6/c13-3-1-7-5-9(11(15)16)10(12(17)18)6-8(7)2-4-14/h5-6,13-14H,1-4H2,(H,15,16)(H,17,18). The fourth-order valence-corrected chi connectivity index (χ4v) is 1.75. The van der Waals surface area contributed by atoms with Gasteiger partial charge in [-0.25, -0.2) is 9.59 Å². The van der Waals surface area contributed by atoms with Crippen molar-refractivity contribution in [2.75, 3.05) is 13.2 Å². The predicted octanol–water partition coefficient (Wildman–Crippen LogP) is 0.153. The second-order valence-electron chi connectivity index (χ2n) is 3.72. The molecule has 0 saturated heterocycles. The Kier molecular flexibility index (Phi) is 4.82. The third-order valence-electron chi connectivity index (χ3n) is 2.56. The molecule has 6 heteroatoms. The molecule has 0 fully saturated rings. The monoisotopic (exact) mass is 254 g/mol. The number of aromatic carboxylic acids is 2. The van der Waals surface area contributed by atoms with Crippen LogP contribution in [0.25, 0.3) is 0 Å². The van der Waals surface area contributed by atoms with Gasteiger partial charge in [0, 0.05) is 13.2 Å². The van der Waals surface area contributed by atoms with Gasteiger partial charge in [-0.15, -0.1) is 0 Å². The van der Waals surface area contributed by atoms with E-state index >= 15 is 0 Å². The second kappa shape index (κ2) is 6.13. The van der Waals surface area contributed by atoms with Crippen molar-refractivity contribution in [3.05, 3.63) is 34.4 Å². The Morgan fingerprint density at radius 3 is 1.39 bits per heavy atom. The van der Waals surface area contributed by atoms with Gasteiger partial charge in [-0.05, 0) is 36.1 Å². The zero-order valence-corrected chi connectivity index (χ0v) is 9.59. The van der Waals surface area contributed by atoms with Crippen LogP contribution < -0.4 is 0 Å². The van der Waals surface area contributed by atoms with Gasteiger partial charge in [0.2, 0.25) is 0 Å². The molecule has 0 radical (unpaired) electrons. The molecule has 0 aliphatic rings. The number of hydrogen-bond donors (Lipinski definition) is 4. The average Bonchev–Trinajstić information content (AvgIpc) is 2.30. The van der Waals surface area contributed by atoms with Crippen molar-refractivity contribution >= 4 is 11.9 Å². The molecule has 98 valence electrons. The molecule has 0 unspecified atom stereocenters. The number of carboxylic acids is 2. The fraction of sp³-hybridized carbons (Fsp3) is 0.333. The van der Waals surface area contributed by atoms with Gasteiger partial charge < -0.3 is 20.4 Å². The molecule has 0 aromatic heterocycles. The van der Waals surface area contributed by atoms with Crippen LogP contribution in [0.5, 0.6) is 0 Å². The highest BCUT2D eigenvalue weighted by Crippen LogP contribution is 2.19. The van der Waals surface area contributed by atoms with Crippen LogP contribution in [0.1, 0.15) is 31.8 Å². The lowest BCUT2D eigenvalue weighted by molar-refractivity contribution is 0.0651. The Morgan fingerprint density at radius 1 is 0.833 bits per heavy atom. The molecule has 0 heterocycles. The Hall–Kier alpha value is -1.92. The van der Waals surface area contributed by atoms with Crippen LogP contribution in [0, 0.1) is 0 Å². The Bertz CT molecular complexity index is 423. The first-order valence-corrected chi connectivity index (χ1v) is 5.35. The minimum atomic E-state index is -1.33. The third-order valence-corrected chi connectivity index (χ3v) is 2.56. The minimum Gasteiger partial charge on any atom is -0.478 e. The predicted molar refractivity (Wildman–Crippen MR) is 61.9 cm³/mol. The van der Waals surface area contributed by atoms with E-state index in [1.807, 2.05) is 0 Å². The number of hydrogen-bond acceptors (Lipinski definition) is 4. The molecule has 0 aliphatic carbocycles. The highest BCUT2D eigenvalue weighted by atomic mass is 16.4. The Balaban J connectivity index is 3.39. The fourth-order valence-electron chi connectivity index (χ4n) is 1.75. The lowest BCUT2D eigenvalue weighted by Crippen LogP contribution is -2.12. The highest BCUT2D eigenvalue weighted by molar-refractivity contribution is 6.02. The zero-order valence-electron chi connectivity index (χ0n) is 9.59. The van der Waals surface area contributed by atoms with E-state index < -0.39 is 11.9 Å². The van der Waals surface area contributed by atoms with Crippen LogP contribution >= 0.6 is 0 Å². The molecule has 1 aromatic rings. The van der Waals surface area contributed by atoms with Crippen LogP contribution in [0.2, 0.25) is 0 Å². The first-order chi connectivity index (χ1) is 8.51. The molecule has 1 aromatic carbocycles. The van der Waals surface area contributed by atoms with E-state index in [0.29, 0.717) is 11.1 Å². The van der Waals surface area contributed by atoms with Gasteiger partial charge in [0.15, 0.2) is 0 Å². The summed E-state index contributed by atoms with van der Waals surface area (Å²) in [5.74, 6) is -2.66. The number of rotatable bonds is 6. The number of aliphatic hydroxyl groups is 2. The molecular formula is C12H14O6. The molecule has 4 N–H and O–H groups in total. The van der Waals surface area contributed by atoms with E-state index in [1.54, 1.807) is 0 Å².